The van der Waals surface area contributed by atoms with Crippen molar-refractivity contribution in [3.05, 3.63) is 68.6 Å². The lowest BCUT2D eigenvalue weighted by Crippen LogP contribution is -2.26. The van der Waals surface area contributed by atoms with E-state index in [4.69, 9.17) is 11.5 Å². The van der Waals surface area contributed by atoms with E-state index < -0.39 is 12.1 Å². The van der Waals surface area contributed by atoms with Gasteiger partial charge in [-0.05, 0) is 54.7 Å². The molecule has 0 saturated heterocycles. The quantitative estimate of drug-likeness (QED) is 0.309. The Morgan fingerprint density at radius 2 is 1.07 bits per heavy atom. The van der Waals surface area contributed by atoms with E-state index >= 15 is 0 Å². The number of nitrogens with two attached hydrogens (primary N) is 2. The van der Waals surface area contributed by atoms with Crippen molar-refractivity contribution in [3.63, 3.8) is 0 Å². The highest BCUT2D eigenvalue weighted by atomic mass is 79.9. The number of benzene rings is 2. The van der Waals surface area contributed by atoms with Gasteiger partial charge in [-0.15, -0.1) is 0 Å². The van der Waals surface area contributed by atoms with Gasteiger partial charge >= 0.3 is 12.1 Å². The number of rotatable bonds is 8. The summed E-state index contributed by atoms with van der Waals surface area (Å²) >= 11 is 6.79. The number of hydrogen-bond donors (Lipinski definition) is 4. The van der Waals surface area contributed by atoms with Crippen molar-refractivity contribution in [1.82, 2.24) is 10.9 Å². The second-order valence-electron chi connectivity index (χ2n) is 5.94. The van der Waals surface area contributed by atoms with Crippen LogP contribution in [0.5, 0.6) is 0 Å². The van der Waals surface area contributed by atoms with Crippen molar-refractivity contribution in [1.29, 1.82) is 0 Å². The Kier molecular flexibility index (Phi) is 8.81. The third kappa shape index (κ3) is 8.04. The molecule has 6 N–H and O–H groups in total. The van der Waals surface area contributed by atoms with Crippen LogP contribution in [0.1, 0.15) is 30.4 Å². The Labute approximate surface area is 185 Å². The first-order chi connectivity index (χ1) is 13.8. The molecule has 152 valence electrons. The van der Waals surface area contributed by atoms with E-state index in [1.165, 1.54) is 0 Å². The zero-order chi connectivity index (χ0) is 21.2. The van der Waals surface area contributed by atoms with Gasteiger partial charge in [-0.25, -0.2) is 20.4 Å². The largest absolute Gasteiger partial charge is 0.350 e. The zero-order valence-corrected chi connectivity index (χ0v) is 18.5. The number of nitrogens with zero attached hydrogens (tertiary/aromatic N) is 2. The lowest BCUT2D eigenvalue weighted by Gasteiger charge is -2.10. The van der Waals surface area contributed by atoms with Gasteiger partial charge < -0.3 is 11.5 Å². The van der Waals surface area contributed by atoms with Gasteiger partial charge in [0.15, 0.2) is 0 Å². The number of primary amides is 2. The van der Waals surface area contributed by atoms with Crippen LogP contribution in [0.4, 0.5) is 9.59 Å². The maximum atomic E-state index is 11.1. The van der Waals surface area contributed by atoms with E-state index in [2.05, 4.69) is 52.9 Å². The van der Waals surface area contributed by atoms with E-state index in [1.807, 2.05) is 48.5 Å². The molecule has 2 aromatic carbocycles. The molecule has 0 aromatic heterocycles. The maximum Gasteiger partial charge on any atom is 0.332 e. The van der Waals surface area contributed by atoms with E-state index in [1.54, 1.807) is 0 Å². The first-order valence-corrected chi connectivity index (χ1v) is 10.2. The molecule has 0 atom stereocenters. The Balaban J connectivity index is 2.14. The van der Waals surface area contributed by atoms with Gasteiger partial charge in [-0.3, -0.25) is 0 Å². The Morgan fingerprint density at radius 3 is 1.38 bits per heavy atom. The molecule has 0 radical (unpaired) electrons. The molecule has 10 heteroatoms. The Morgan fingerprint density at radius 1 is 0.724 bits per heavy atom. The summed E-state index contributed by atoms with van der Waals surface area (Å²) in [6.45, 7) is 0. The number of urea groups is 2. The predicted octanol–water partition coefficient (Wildman–Crippen LogP) is 3.83. The van der Waals surface area contributed by atoms with Gasteiger partial charge in [0.05, 0.1) is 11.4 Å². The molecule has 0 unspecified atom stereocenters. The number of carbonyl (C=O) groups excluding carboxylic acids is 2. The lowest BCUT2D eigenvalue weighted by atomic mass is 10.0. The fraction of sp³-hybridized carbons (Fsp3) is 0.158. The molecule has 2 aromatic rings. The van der Waals surface area contributed by atoms with Gasteiger partial charge in [-0.1, -0.05) is 56.1 Å². The van der Waals surface area contributed by atoms with E-state index in [-0.39, 0.29) is 0 Å². The van der Waals surface area contributed by atoms with Crippen LogP contribution in [0, 0.1) is 0 Å². The zero-order valence-electron chi connectivity index (χ0n) is 15.4. The molecule has 29 heavy (non-hydrogen) atoms. The molecular formula is C19H20Br2N6O2. The molecule has 8 nitrogen and oxygen atoms in total. The second-order valence-corrected chi connectivity index (χ2v) is 7.77. The molecule has 0 spiro atoms. The van der Waals surface area contributed by atoms with Crippen LogP contribution in [0.25, 0.3) is 0 Å². The van der Waals surface area contributed by atoms with Crippen LogP contribution in [-0.2, 0) is 0 Å². The molecule has 0 fully saturated rings. The third-order valence-corrected chi connectivity index (χ3v) is 4.84. The molecule has 4 amide bonds. The Bertz CT molecular complexity index is 836. The minimum atomic E-state index is -0.734. The van der Waals surface area contributed by atoms with Crippen molar-refractivity contribution in [3.8, 4) is 0 Å². The average Bonchev–Trinajstić information content (AvgIpc) is 2.68. The van der Waals surface area contributed by atoms with Gasteiger partial charge in [-0.2, -0.15) is 10.2 Å². The monoisotopic (exact) mass is 522 g/mol. The van der Waals surface area contributed by atoms with Crippen LogP contribution in [0.3, 0.4) is 0 Å². The highest BCUT2D eigenvalue weighted by Crippen LogP contribution is 2.16. The molecule has 0 aliphatic heterocycles. The first-order valence-electron chi connectivity index (χ1n) is 8.61. The van der Waals surface area contributed by atoms with Crippen LogP contribution in [0.2, 0.25) is 0 Å². The smallest absolute Gasteiger partial charge is 0.332 e. The number of halogens is 2. The summed E-state index contributed by atoms with van der Waals surface area (Å²) in [5.74, 6) is 0. The predicted molar refractivity (Wildman–Crippen MR) is 121 cm³/mol. The minimum Gasteiger partial charge on any atom is -0.350 e. The van der Waals surface area contributed by atoms with Crippen molar-refractivity contribution in [2.24, 2.45) is 21.7 Å². The summed E-state index contributed by atoms with van der Waals surface area (Å²) < 4.78 is 1.87. The molecule has 2 rings (SSSR count). The number of amides is 4. The van der Waals surface area contributed by atoms with Crippen LogP contribution < -0.4 is 22.3 Å². The average molecular weight is 524 g/mol. The van der Waals surface area contributed by atoms with Crippen LogP contribution in [0.15, 0.2) is 67.7 Å². The second kappa shape index (κ2) is 11.3. The van der Waals surface area contributed by atoms with E-state index in [9.17, 15) is 9.59 Å². The van der Waals surface area contributed by atoms with Crippen LogP contribution >= 0.6 is 31.9 Å². The molecule has 0 saturated carbocycles. The number of hydrazone groups is 2. The number of carbonyl (C=O) groups is 2. The fourth-order valence-corrected chi connectivity index (χ4v) is 3.01. The summed E-state index contributed by atoms with van der Waals surface area (Å²) in [5, 5.41) is 8.24. The van der Waals surface area contributed by atoms with Gasteiger partial charge in [0.1, 0.15) is 0 Å². The first kappa shape index (κ1) is 22.6. The number of hydrogen-bond acceptors (Lipinski definition) is 4. The van der Waals surface area contributed by atoms with E-state index in [0.717, 1.165) is 20.1 Å². The summed E-state index contributed by atoms with van der Waals surface area (Å²) in [7, 11) is 0. The third-order valence-electron chi connectivity index (χ3n) is 3.78. The fourth-order valence-electron chi connectivity index (χ4n) is 2.48. The standard InChI is InChI=1S/C19H20Br2N6O2/c20-14-8-4-12(5-9-14)16(24-26-18(22)28)2-1-3-17(25-27-19(23)29)13-6-10-15(21)11-7-13/h4-11H,1-3H2,(H3,22,26,28)(H3,23,27,29)/b24-16-,25-17+. The molecule has 0 heterocycles. The van der Waals surface area contributed by atoms with Crippen molar-refractivity contribution < 1.29 is 9.59 Å². The highest BCUT2D eigenvalue weighted by Gasteiger charge is 2.09. The van der Waals surface area contributed by atoms with Gasteiger partial charge in [0.2, 0.25) is 0 Å². The van der Waals surface area contributed by atoms with E-state index in [0.29, 0.717) is 30.7 Å². The summed E-state index contributed by atoms with van der Waals surface area (Å²) in [6, 6.07) is 13.7. The maximum absolute atomic E-state index is 11.1. The van der Waals surface area contributed by atoms with Crippen LogP contribution in [-0.4, -0.2) is 23.5 Å². The molecule has 0 aliphatic rings. The molecule has 0 aliphatic carbocycles. The lowest BCUT2D eigenvalue weighted by molar-refractivity contribution is 0.248. The number of nitrogens with one attached hydrogen (secondary N) is 2. The van der Waals surface area contributed by atoms with Gasteiger partial charge in [0.25, 0.3) is 0 Å². The SMILES string of the molecule is NC(=O)N/N=C(/CCC/C(=N\NC(N)=O)c1ccc(Br)cc1)c1ccc(Br)cc1. The molecular weight excluding hydrogens is 504 g/mol. The summed E-state index contributed by atoms with van der Waals surface area (Å²) in [6.07, 6.45) is 1.76. The highest BCUT2D eigenvalue weighted by molar-refractivity contribution is 9.10. The van der Waals surface area contributed by atoms with Crippen molar-refractivity contribution >= 4 is 55.3 Å². The normalized spacial score (nSPS) is 11.8. The minimum absolute atomic E-state index is 0.550. The topological polar surface area (TPSA) is 135 Å². The summed E-state index contributed by atoms with van der Waals surface area (Å²) in [4.78, 5) is 22.1. The Hall–Kier alpha value is -2.72. The van der Waals surface area contributed by atoms with Gasteiger partial charge in [0, 0.05) is 8.95 Å². The summed E-state index contributed by atoms with van der Waals surface area (Å²) in [5.41, 5.74) is 17.9. The molecule has 0 bridgehead atoms. The van der Waals surface area contributed by atoms with Crippen molar-refractivity contribution in [2.75, 3.05) is 0 Å². The van der Waals surface area contributed by atoms with Crippen molar-refractivity contribution in [2.45, 2.75) is 19.3 Å².